The summed E-state index contributed by atoms with van der Waals surface area (Å²) >= 11 is 2.17. The van der Waals surface area contributed by atoms with Crippen molar-refractivity contribution in [3.63, 3.8) is 0 Å². The molecule has 1 aromatic rings. The average molecular weight is 410 g/mol. The molecule has 1 aliphatic carbocycles. The van der Waals surface area contributed by atoms with Crippen LogP contribution in [-0.4, -0.2) is 56.2 Å². The van der Waals surface area contributed by atoms with Gasteiger partial charge in [0.2, 0.25) is 0 Å². The van der Waals surface area contributed by atoms with Crippen molar-refractivity contribution in [3.8, 4) is 0 Å². The number of thioether (sulfide) groups is 1. The summed E-state index contributed by atoms with van der Waals surface area (Å²) < 4.78 is 23.2. The highest BCUT2D eigenvalue weighted by Gasteiger charge is 2.38. The Morgan fingerprint density at radius 3 is 2.48 bits per heavy atom. The zero-order chi connectivity index (χ0) is 19.3. The lowest BCUT2D eigenvalue weighted by molar-refractivity contribution is 0.293. The number of hydrogen-bond acceptors (Lipinski definition) is 4. The van der Waals surface area contributed by atoms with Gasteiger partial charge >= 0.3 is 0 Å². The maximum Gasteiger partial charge on any atom is 0.193 e. The van der Waals surface area contributed by atoms with Gasteiger partial charge < -0.3 is 10.2 Å². The van der Waals surface area contributed by atoms with E-state index >= 15 is 0 Å². The van der Waals surface area contributed by atoms with Crippen LogP contribution in [0.3, 0.4) is 0 Å². The average Bonchev–Trinajstić information content (AvgIpc) is 2.63. The Labute approximate surface area is 167 Å². The van der Waals surface area contributed by atoms with Crippen LogP contribution in [0.5, 0.6) is 0 Å². The number of sulfone groups is 1. The molecule has 1 N–H and O–H groups in total. The van der Waals surface area contributed by atoms with Crippen LogP contribution in [0.25, 0.3) is 0 Å². The summed E-state index contributed by atoms with van der Waals surface area (Å²) in [5, 5.41) is 3.49. The molecule has 1 spiro atoms. The highest BCUT2D eigenvalue weighted by molar-refractivity contribution is 8.00. The minimum Gasteiger partial charge on any atom is -0.352 e. The van der Waals surface area contributed by atoms with E-state index in [2.05, 4.69) is 27.0 Å². The van der Waals surface area contributed by atoms with Crippen LogP contribution in [0.1, 0.15) is 43.2 Å². The number of hydrogen-bond donors (Lipinski definition) is 1. The molecular weight excluding hydrogens is 378 g/mol. The first-order valence-electron chi connectivity index (χ1n) is 9.74. The zero-order valence-corrected chi connectivity index (χ0v) is 18.0. The van der Waals surface area contributed by atoms with E-state index in [1.165, 1.54) is 44.1 Å². The minimum atomic E-state index is -2.99. The number of guanidine groups is 1. The van der Waals surface area contributed by atoms with Gasteiger partial charge in [0.15, 0.2) is 15.8 Å². The fourth-order valence-electron chi connectivity index (χ4n) is 4.09. The van der Waals surface area contributed by atoms with Crippen molar-refractivity contribution in [2.24, 2.45) is 4.99 Å². The molecule has 1 aliphatic heterocycles. The van der Waals surface area contributed by atoms with Gasteiger partial charge in [-0.25, -0.2) is 8.42 Å². The third kappa shape index (κ3) is 5.88. The fourth-order valence-corrected chi connectivity index (χ4v) is 6.46. The summed E-state index contributed by atoms with van der Waals surface area (Å²) in [5.74, 6) is 2.23. The van der Waals surface area contributed by atoms with Crippen molar-refractivity contribution in [1.29, 1.82) is 0 Å². The van der Waals surface area contributed by atoms with Crippen molar-refractivity contribution < 1.29 is 8.42 Å². The molecule has 2 aliphatic rings. The molecule has 27 heavy (non-hydrogen) atoms. The third-order valence-electron chi connectivity index (χ3n) is 5.43. The van der Waals surface area contributed by atoms with Gasteiger partial charge in [-0.3, -0.25) is 4.99 Å². The SMILES string of the molecule is CN=C(NCc1ccc(CS(C)(=O)=O)cc1)N1CCSC2(CCCCC2)C1. The summed E-state index contributed by atoms with van der Waals surface area (Å²) in [6, 6.07) is 7.79. The van der Waals surface area contributed by atoms with Crippen LogP contribution in [0.4, 0.5) is 0 Å². The van der Waals surface area contributed by atoms with E-state index < -0.39 is 9.84 Å². The van der Waals surface area contributed by atoms with Gasteiger partial charge in [0, 0.05) is 43.4 Å². The van der Waals surface area contributed by atoms with Crippen molar-refractivity contribution in [2.45, 2.75) is 49.1 Å². The largest absolute Gasteiger partial charge is 0.352 e. The molecule has 0 radical (unpaired) electrons. The van der Waals surface area contributed by atoms with E-state index in [-0.39, 0.29) is 5.75 Å². The first-order valence-corrected chi connectivity index (χ1v) is 12.8. The van der Waals surface area contributed by atoms with E-state index in [0.717, 1.165) is 30.2 Å². The summed E-state index contributed by atoms with van der Waals surface area (Å²) in [6.07, 6.45) is 8.01. The second-order valence-electron chi connectivity index (χ2n) is 7.80. The molecule has 150 valence electrons. The molecule has 1 aromatic carbocycles. The first kappa shape index (κ1) is 20.5. The highest BCUT2D eigenvalue weighted by Crippen LogP contribution is 2.42. The Balaban J connectivity index is 1.57. The summed E-state index contributed by atoms with van der Waals surface area (Å²) in [5.41, 5.74) is 1.96. The molecule has 0 atom stereocenters. The van der Waals surface area contributed by atoms with E-state index in [1.54, 1.807) is 0 Å². The monoisotopic (exact) mass is 409 g/mol. The number of aliphatic imine (C=N–C) groups is 1. The second kappa shape index (κ2) is 8.86. The number of nitrogens with zero attached hydrogens (tertiary/aromatic N) is 2. The molecule has 1 heterocycles. The van der Waals surface area contributed by atoms with Gasteiger partial charge in [0.25, 0.3) is 0 Å². The van der Waals surface area contributed by atoms with Crippen molar-refractivity contribution in [1.82, 2.24) is 10.2 Å². The summed E-state index contributed by atoms with van der Waals surface area (Å²) in [7, 11) is -1.14. The van der Waals surface area contributed by atoms with Crippen LogP contribution in [0, 0.1) is 0 Å². The van der Waals surface area contributed by atoms with Gasteiger partial charge in [-0.05, 0) is 24.0 Å². The molecule has 0 bridgehead atoms. The van der Waals surface area contributed by atoms with Crippen molar-refractivity contribution in [3.05, 3.63) is 35.4 Å². The Kier molecular flexibility index (Phi) is 6.74. The van der Waals surface area contributed by atoms with Crippen molar-refractivity contribution in [2.75, 3.05) is 32.1 Å². The maximum absolute atomic E-state index is 11.4. The molecule has 0 unspecified atom stereocenters. The summed E-state index contributed by atoms with van der Waals surface area (Å²) in [4.78, 5) is 6.93. The fraction of sp³-hybridized carbons (Fsp3) is 0.650. The molecule has 7 heteroatoms. The Hall–Kier alpha value is -1.21. The summed E-state index contributed by atoms with van der Waals surface area (Å²) in [6.45, 7) is 2.83. The Morgan fingerprint density at radius 2 is 1.85 bits per heavy atom. The van der Waals surface area contributed by atoms with E-state index in [1.807, 2.05) is 31.3 Å². The predicted molar refractivity (Wildman–Crippen MR) is 115 cm³/mol. The lowest BCUT2D eigenvalue weighted by Gasteiger charge is -2.45. The molecule has 0 amide bonds. The molecular formula is C20H31N3O2S2. The first-order chi connectivity index (χ1) is 12.9. The van der Waals surface area contributed by atoms with Crippen LogP contribution in [-0.2, 0) is 22.1 Å². The predicted octanol–water partition coefficient (Wildman–Crippen LogP) is 3.06. The molecule has 0 aromatic heterocycles. The lowest BCUT2D eigenvalue weighted by atomic mass is 9.87. The minimum absolute atomic E-state index is 0.0932. The number of nitrogens with one attached hydrogen (secondary N) is 1. The lowest BCUT2D eigenvalue weighted by Crippen LogP contribution is -2.53. The molecule has 2 fully saturated rings. The Morgan fingerprint density at radius 1 is 1.19 bits per heavy atom. The highest BCUT2D eigenvalue weighted by atomic mass is 32.2. The van der Waals surface area contributed by atoms with Crippen LogP contribution >= 0.6 is 11.8 Å². The topological polar surface area (TPSA) is 61.8 Å². The second-order valence-corrected chi connectivity index (χ2v) is 11.5. The van der Waals surface area contributed by atoms with Crippen LogP contribution in [0.15, 0.2) is 29.3 Å². The smallest absolute Gasteiger partial charge is 0.193 e. The number of benzene rings is 1. The standard InChI is InChI=1S/C20H31N3O2S2/c1-21-19(23-12-13-26-20(16-23)10-4-3-5-11-20)22-14-17-6-8-18(9-7-17)15-27(2,24)25/h6-9H,3-5,10-16H2,1-2H3,(H,21,22). The molecule has 1 saturated carbocycles. The van der Waals surface area contributed by atoms with Crippen LogP contribution in [0.2, 0.25) is 0 Å². The van der Waals surface area contributed by atoms with Gasteiger partial charge in [-0.1, -0.05) is 43.5 Å². The Bertz CT molecular complexity index is 748. The van der Waals surface area contributed by atoms with Gasteiger partial charge in [-0.15, -0.1) is 0 Å². The normalized spacial score (nSPS) is 20.7. The van der Waals surface area contributed by atoms with E-state index in [9.17, 15) is 8.42 Å². The molecule has 1 saturated heterocycles. The van der Waals surface area contributed by atoms with E-state index in [4.69, 9.17) is 0 Å². The quantitative estimate of drug-likeness (QED) is 0.612. The number of rotatable bonds is 4. The van der Waals surface area contributed by atoms with Crippen molar-refractivity contribution >= 4 is 27.6 Å². The van der Waals surface area contributed by atoms with Gasteiger partial charge in [0.1, 0.15) is 0 Å². The third-order valence-corrected chi connectivity index (χ3v) is 7.82. The van der Waals surface area contributed by atoms with Gasteiger partial charge in [-0.2, -0.15) is 11.8 Å². The van der Waals surface area contributed by atoms with Crippen LogP contribution < -0.4 is 5.32 Å². The molecule has 3 rings (SSSR count). The van der Waals surface area contributed by atoms with Gasteiger partial charge in [0.05, 0.1) is 5.75 Å². The maximum atomic E-state index is 11.4. The zero-order valence-electron chi connectivity index (χ0n) is 16.4. The molecule has 5 nitrogen and oxygen atoms in total. The van der Waals surface area contributed by atoms with E-state index in [0.29, 0.717) is 11.3 Å².